The van der Waals surface area contributed by atoms with Gasteiger partial charge < -0.3 is 0 Å². The summed E-state index contributed by atoms with van der Waals surface area (Å²) in [6, 6.07) is 7.55. The fourth-order valence-corrected chi connectivity index (χ4v) is 2.02. The van der Waals surface area contributed by atoms with Crippen LogP contribution in [0, 0.1) is 5.82 Å². The lowest BCUT2D eigenvalue weighted by Gasteiger charge is -2.04. The number of ketones is 1. The minimum absolute atomic E-state index is 0.134. The maximum atomic E-state index is 12.9. The Morgan fingerprint density at radius 2 is 2.11 bits per heavy atom. The quantitative estimate of drug-likeness (QED) is 0.794. The SMILES string of the molecule is CCc1ccc(CC(=O)c2ccc(F)cc2Cl)nc1. The maximum Gasteiger partial charge on any atom is 0.170 e. The molecule has 0 aliphatic rings. The summed E-state index contributed by atoms with van der Waals surface area (Å²) in [6.07, 6.45) is 2.83. The highest BCUT2D eigenvalue weighted by Crippen LogP contribution is 2.19. The number of halogens is 2. The van der Waals surface area contributed by atoms with Crippen molar-refractivity contribution in [2.24, 2.45) is 0 Å². The summed E-state index contributed by atoms with van der Waals surface area (Å²) in [5.74, 6) is -0.617. The van der Waals surface area contributed by atoms with Gasteiger partial charge in [0, 0.05) is 17.5 Å². The Kier molecular flexibility index (Phi) is 4.27. The van der Waals surface area contributed by atoms with Crippen molar-refractivity contribution in [3.8, 4) is 0 Å². The van der Waals surface area contributed by atoms with E-state index in [0.29, 0.717) is 11.3 Å². The molecule has 0 saturated heterocycles. The smallest absolute Gasteiger partial charge is 0.170 e. The predicted octanol–water partition coefficient (Wildman–Crippen LogP) is 3.86. The fourth-order valence-electron chi connectivity index (χ4n) is 1.74. The van der Waals surface area contributed by atoms with E-state index in [-0.39, 0.29) is 17.2 Å². The van der Waals surface area contributed by atoms with Crippen molar-refractivity contribution in [1.82, 2.24) is 4.98 Å². The number of Topliss-reactive ketones (excluding diaryl/α,β-unsaturated/α-hetero) is 1. The van der Waals surface area contributed by atoms with Crippen molar-refractivity contribution in [2.45, 2.75) is 19.8 Å². The van der Waals surface area contributed by atoms with Crippen LogP contribution in [0.1, 0.15) is 28.5 Å². The van der Waals surface area contributed by atoms with Gasteiger partial charge in [0.05, 0.1) is 11.4 Å². The molecule has 0 N–H and O–H groups in total. The van der Waals surface area contributed by atoms with E-state index in [1.54, 1.807) is 6.20 Å². The molecule has 2 aromatic rings. The van der Waals surface area contributed by atoms with Gasteiger partial charge in [-0.25, -0.2) is 4.39 Å². The number of rotatable bonds is 4. The van der Waals surface area contributed by atoms with Crippen molar-refractivity contribution in [1.29, 1.82) is 0 Å². The average molecular weight is 278 g/mol. The van der Waals surface area contributed by atoms with Crippen molar-refractivity contribution in [2.75, 3.05) is 0 Å². The molecule has 0 radical (unpaired) electrons. The Morgan fingerprint density at radius 3 is 2.68 bits per heavy atom. The second-order valence-electron chi connectivity index (χ2n) is 4.24. The topological polar surface area (TPSA) is 30.0 Å². The predicted molar refractivity (Wildman–Crippen MR) is 73.1 cm³/mol. The number of carbonyl (C=O) groups is 1. The van der Waals surface area contributed by atoms with E-state index in [0.717, 1.165) is 18.1 Å². The standard InChI is InChI=1S/C15H13ClFNO/c1-2-10-3-5-12(18-9-10)8-15(19)13-6-4-11(17)7-14(13)16/h3-7,9H,2,8H2,1H3. The Bertz CT molecular complexity index is 596. The van der Waals surface area contributed by atoms with E-state index >= 15 is 0 Å². The fraction of sp³-hybridized carbons (Fsp3) is 0.200. The Morgan fingerprint density at radius 1 is 1.32 bits per heavy atom. The van der Waals surface area contributed by atoms with E-state index < -0.39 is 5.82 Å². The van der Waals surface area contributed by atoms with Gasteiger partial charge in [-0.05, 0) is 36.2 Å². The van der Waals surface area contributed by atoms with E-state index in [1.165, 1.54) is 12.1 Å². The molecular weight excluding hydrogens is 265 g/mol. The second kappa shape index (κ2) is 5.93. The number of benzene rings is 1. The molecular formula is C15H13ClFNO. The van der Waals surface area contributed by atoms with Gasteiger partial charge in [0.25, 0.3) is 0 Å². The van der Waals surface area contributed by atoms with Gasteiger partial charge in [-0.3, -0.25) is 9.78 Å². The summed E-state index contributed by atoms with van der Waals surface area (Å²) < 4.78 is 12.9. The Balaban J connectivity index is 2.15. The molecule has 98 valence electrons. The summed E-state index contributed by atoms with van der Waals surface area (Å²) >= 11 is 5.86. The number of aromatic nitrogens is 1. The van der Waals surface area contributed by atoms with Crippen LogP contribution < -0.4 is 0 Å². The van der Waals surface area contributed by atoms with E-state index in [9.17, 15) is 9.18 Å². The molecule has 0 atom stereocenters. The molecule has 0 saturated carbocycles. The number of hydrogen-bond donors (Lipinski definition) is 0. The van der Waals surface area contributed by atoms with Gasteiger partial charge in [0.1, 0.15) is 5.82 Å². The minimum Gasteiger partial charge on any atom is -0.294 e. The van der Waals surface area contributed by atoms with E-state index in [2.05, 4.69) is 4.98 Å². The highest BCUT2D eigenvalue weighted by Gasteiger charge is 2.12. The minimum atomic E-state index is -0.452. The van der Waals surface area contributed by atoms with Gasteiger partial charge >= 0.3 is 0 Å². The third-order valence-corrected chi connectivity index (χ3v) is 3.18. The van der Waals surface area contributed by atoms with Crippen LogP contribution in [0.2, 0.25) is 5.02 Å². The van der Waals surface area contributed by atoms with Gasteiger partial charge in [-0.1, -0.05) is 24.6 Å². The number of carbonyl (C=O) groups excluding carboxylic acids is 1. The number of pyridine rings is 1. The van der Waals surface area contributed by atoms with Crippen molar-refractivity contribution < 1.29 is 9.18 Å². The van der Waals surface area contributed by atoms with Gasteiger partial charge in [0.2, 0.25) is 0 Å². The molecule has 0 aliphatic carbocycles. The summed E-state index contributed by atoms with van der Waals surface area (Å²) in [5.41, 5.74) is 2.13. The molecule has 1 heterocycles. The Labute approximate surface area is 116 Å². The highest BCUT2D eigenvalue weighted by atomic mass is 35.5. The zero-order valence-corrected chi connectivity index (χ0v) is 11.2. The van der Waals surface area contributed by atoms with Crippen LogP contribution >= 0.6 is 11.6 Å². The third-order valence-electron chi connectivity index (χ3n) is 2.87. The molecule has 0 unspecified atom stereocenters. The number of hydrogen-bond acceptors (Lipinski definition) is 2. The maximum absolute atomic E-state index is 12.9. The summed E-state index contributed by atoms with van der Waals surface area (Å²) in [4.78, 5) is 16.3. The zero-order valence-electron chi connectivity index (χ0n) is 10.5. The van der Waals surface area contributed by atoms with Gasteiger partial charge in [-0.2, -0.15) is 0 Å². The summed E-state index contributed by atoms with van der Waals surface area (Å²) in [7, 11) is 0. The molecule has 0 fully saturated rings. The van der Waals surface area contributed by atoms with Gasteiger partial charge in [-0.15, -0.1) is 0 Å². The molecule has 2 nitrogen and oxygen atoms in total. The zero-order chi connectivity index (χ0) is 13.8. The van der Waals surface area contributed by atoms with Gasteiger partial charge in [0.15, 0.2) is 5.78 Å². The monoisotopic (exact) mass is 277 g/mol. The first-order valence-electron chi connectivity index (χ1n) is 6.02. The second-order valence-corrected chi connectivity index (χ2v) is 4.64. The van der Waals surface area contributed by atoms with Crippen molar-refractivity contribution >= 4 is 17.4 Å². The van der Waals surface area contributed by atoms with Crippen LogP contribution in [0.15, 0.2) is 36.5 Å². The molecule has 1 aromatic carbocycles. The largest absolute Gasteiger partial charge is 0.294 e. The first-order valence-corrected chi connectivity index (χ1v) is 6.40. The Hall–Kier alpha value is -1.74. The lowest BCUT2D eigenvalue weighted by atomic mass is 10.1. The first-order chi connectivity index (χ1) is 9.10. The van der Waals surface area contributed by atoms with Crippen LogP contribution in [-0.2, 0) is 12.8 Å². The first kappa shape index (κ1) is 13.7. The van der Waals surface area contributed by atoms with Crippen molar-refractivity contribution in [3.05, 3.63) is 64.2 Å². The highest BCUT2D eigenvalue weighted by molar-refractivity contribution is 6.34. The molecule has 19 heavy (non-hydrogen) atoms. The molecule has 0 spiro atoms. The molecule has 2 rings (SSSR count). The van der Waals surface area contributed by atoms with Crippen LogP contribution in [0.25, 0.3) is 0 Å². The summed E-state index contributed by atoms with van der Waals surface area (Å²) in [5, 5.41) is 0.134. The van der Waals surface area contributed by atoms with E-state index in [4.69, 9.17) is 11.6 Å². The third kappa shape index (κ3) is 3.38. The molecule has 4 heteroatoms. The molecule has 0 amide bonds. The van der Waals surface area contributed by atoms with Crippen LogP contribution in [0.3, 0.4) is 0 Å². The normalized spacial score (nSPS) is 10.5. The van der Waals surface area contributed by atoms with Crippen LogP contribution in [-0.4, -0.2) is 10.8 Å². The molecule has 0 aliphatic heterocycles. The van der Waals surface area contributed by atoms with Crippen LogP contribution in [0.5, 0.6) is 0 Å². The average Bonchev–Trinajstić information content (AvgIpc) is 2.39. The number of aryl methyl sites for hydroxylation is 1. The number of nitrogens with zero attached hydrogens (tertiary/aromatic N) is 1. The van der Waals surface area contributed by atoms with Crippen LogP contribution in [0.4, 0.5) is 4.39 Å². The van der Waals surface area contributed by atoms with Crippen molar-refractivity contribution in [3.63, 3.8) is 0 Å². The lowest BCUT2D eigenvalue weighted by Crippen LogP contribution is -2.06. The molecule has 0 bridgehead atoms. The van der Waals surface area contributed by atoms with E-state index in [1.807, 2.05) is 19.1 Å². The lowest BCUT2D eigenvalue weighted by molar-refractivity contribution is 0.0992. The summed E-state index contributed by atoms with van der Waals surface area (Å²) in [6.45, 7) is 2.04. The molecule has 1 aromatic heterocycles.